The fourth-order valence-electron chi connectivity index (χ4n) is 1.96. The Kier molecular flexibility index (Phi) is 18.4. The summed E-state index contributed by atoms with van der Waals surface area (Å²) in [6, 6.07) is 0. The molecular formula is C16H30O8. The van der Waals surface area contributed by atoms with Crippen LogP contribution in [-0.4, -0.2) is 69.0 Å². The van der Waals surface area contributed by atoms with Gasteiger partial charge in [-0.3, -0.25) is 0 Å². The molecule has 0 heterocycles. The lowest BCUT2D eigenvalue weighted by Crippen LogP contribution is -2.19. The summed E-state index contributed by atoms with van der Waals surface area (Å²) < 4.78 is 0. The van der Waals surface area contributed by atoms with Crippen LogP contribution in [0.15, 0.2) is 12.2 Å². The molecule has 1 aliphatic carbocycles. The number of carbonyl (C=O) groups is 2. The summed E-state index contributed by atoms with van der Waals surface area (Å²) in [6.07, 6.45) is 6.95. The van der Waals surface area contributed by atoms with Gasteiger partial charge in [-0.25, -0.2) is 9.59 Å². The number of hydrogen-bond donors (Lipinski definition) is 6. The highest BCUT2D eigenvalue weighted by atomic mass is 16.4. The number of aliphatic carboxylic acids is 2. The summed E-state index contributed by atoms with van der Waals surface area (Å²) in [7, 11) is 0. The minimum atomic E-state index is -1.26. The third-order valence-corrected chi connectivity index (χ3v) is 3.42. The van der Waals surface area contributed by atoms with Gasteiger partial charge in [0.05, 0.1) is 0 Å². The molecule has 1 rings (SSSR count). The summed E-state index contributed by atoms with van der Waals surface area (Å²) >= 11 is 0. The Morgan fingerprint density at radius 3 is 1.17 bits per heavy atom. The van der Waals surface area contributed by atoms with Crippen LogP contribution in [0.1, 0.15) is 38.5 Å². The fraction of sp³-hybridized carbons (Fsp3) is 0.750. The Hall–Kier alpha value is -1.48. The van der Waals surface area contributed by atoms with Crippen molar-refractivity contribution in [3.05, 3.63) is 12.2 Å². The Morgan fingerprint density at radius 1 is 0.708 bits per heavy atom. The van der Waals surface area contributed by atoms with E-state index in [0.29, 0.717) is 37.2 Å². The zero-order chi connectivity index (χ0) is 18.8. The van der Waals surface area contributed by atoms with E-state index in [0.717, 1.165) is 38.5 Å². The molecule has 0 aromatic rings. The molecule has 0 aromatic heterocycles. The molecule has 8 nitrogen and oxygen atoms in total. The Bertz CT molecular complexity index is 303. The van der Waals surface area contributed by atoms with Crippen molar-refractivity contribution in [3.8, 4) is 0 Å². The molecule has 0 atom stereocenters. The predicted molar refractivity (Wildman–Crippen MR) is 87.4 cm³/mol. The standard InChI is InChI=1S/C8H16O2.C4H4O4.C4H10O2/c9-5-7-1-2-8(6-10)4-3-7;5-3(6)1-2-4(7)8;5-3-1-2-4-6/h7-10H,1-6H2;1-2H,(H,5,6)(H,7,8);5-6H,1-4H2/b;2-1+;. The van der Waals surface area contributed by atoms with Gasteiger partial charge in [-0.15, -0.1) is 0 Å². The number of aliphatic hydroxyl groups excluding tert-OH is 4. The van der Waals surface area contributed by atoms with E-state index in [2.05, 4.69) is 0 Å². The summed E-state index contributed by atoms with van der Waals surface area (Å²) in [6.45, 7) is 1.05. The Balaban J connectivity index is 0. The maximum atomic E-state index is 9.55. The molecule has 142 valence electrons. The zero-order valence-electron chi connectivity index (χ0n) is 13.9. The van der Waals surface area contributed by atoms with E-state index in [1.54, 1.807) is 0 Å². The average molecular weight is 350 g/mol. The van der Waals surface area contributed by atoms with Crippen molar-refractivity contribution in [1.29, 1.82) is 0 Å². The number of carboxylic acids is 2. The highest BCUT2D eigenvalue weighted by Crippen LogP contribution is 2.27. The number of unbranched alkanes of at least 4 members (excludes halogenated alkanes) is 1. The first-order chi connectivity index (χ1) is 11.4. The molecule has 0 saturated heterocycles. The van der Waals surface area contributed by atoms with E-state index in [1.165, 1.54) is 0 Å². The number of hydrogen-bond acceptors (Lipinski definition) is 6. The SMILES string of the molecule is O=C(O)/C=C/C(=O)O.OCC1CCC(CO)CC1.OCCCCO. The molecule has 0 radical (unpaired) electrons. The molecule has 1 saturated carbocycles. The normalized spacial score (nSPS) is 19.7. The maximum absolute atomic E-state index is 9.55. The van der Waals surface area contributed by atoms with E-state index in [9.17, 15) is 9.59 Å². The van der Waals surface area contributed by atoms with Crippen LogP contribution in [0, 0.1) is 11.8 Å². The molecular weight excluding hydrogens is 320 g/mol. The van der Waals surface area contributed by atoms with E-state index in [1.807, 2.05) is 0 Å². The van der Waals surface area contributed by atoms with Crippen LogP contribution in [0.2, 0.25) is 0 Å². The van der Waals surface area contributed by atoms with Crippen LogP contribution in [0.4, 0.5) is 0 Å². The van der Waals surface area contributed by atoms with Crippen molar-refractivity contribution in [3.63, 3.8) is 0 Å². The van der Waals surface area contributed by atoms with Crippen molar-refractivity contribution in [2.24, 2.45) is 11.8 Å². The number of carboxylic acid groups (broad SMARTS) is 2. The summed E-state index contributed by atoms with van der Waals surface area (Å²) in [4.78, 5) is 19.1. The van der Waals surface area contributed by atoms with Gasteiger partial charge in [0.1, 0.15) is 0 Å². The lowest BCUT2D eigenvalue weighted by atomic mass is 9.83. The quantitative estimate of drug-likeness (QED) is 0.282. The molecule has 1 fully saturated rings. The summed E-state index contributed by atoms with van der Waals surface area (Å²) in [5.41, 5.74) is 0. The molecule has 0 spiro atoms. The summed E-state index contributed by atoms with van der Waals surface area (Å²) in [5.74, 6) is -1.48. The Morgan fingerprint density at radius 2 is 1.00 bits per heavy atom. The minimum Gasteiger partial charge on any atom is -0.478 e. The van der Waals surface area contributed by atoms with Crippen LogP contribution in [0.25, 0.3) is 0 Å². The molecule has 8 heteroatoms. The van der Waals surface area contributed by atoms with E-state index in [4.69, 9.17) is 30.6 Å². The second-order valence-corrected chi connectivity index (χ2v) is 5.42. The van der Waals surface area contributed by atoms with Crippen molar-refractivity contribution >= 4 is 11.9 Å². The molecule has 0 aliphatic heterocycles. The van der Waals surface area contributed by atoms with E-state index < -0.39 is 11.9 Å². The molecule has 0 unspecified atom stereocenters. The predicted octanol–water partition coefficient (Wildman–Crippen LogP) is 0.240. The second kappa shape index (κ2) is 17.9. The molecule has 0 amide bonds. The lowest BCUT2D eigenvalue weighted by Gasteiger charge is -2.25. The van der Waals surface area contributed by atoms with Crippen molar-refractivity contribution in [2.45, 2.75) is 38.5 Å². The molecule has 24 heavy (non-hydrogen) atoms. The van der Waals surface area contributed by atoms with Crippen molar-refractivity contribution in [2.75, 3.05) is 26.4 Å². The average Bonchev–Trinajstić information content (AvgIpc) is 2.59. The first-order valence-corrected chi connectivity index (χ1v) is 7.98. The third kappa shape index (κ3) is 18.6. The van der Waals surface area contributed by atoms with Gasteiger partial charge in [-0.1, -0.05) is 0 Å². The third-order valence-electron chi connectivity index (χ3n) is 3.42. The lowest BCUT2D eigenvalue weighted by molar-refractivity contribution is -0.134. The first-order valence-electron chi connectivity index (χ1n) is 7.98. The van der Waals surface area contributed by atoms with Crippen molar-refractivity contribution in [1.82, 2.24) is 0 Å². The van der Waals surface area contributed by atoms with Gasteiger partial charge in [0.2, 0.25) is 0 Å². The van der Waals surface area contributed by atoms with Crippen LogP contribution in [-0.2, 0) is 9.59 Å². The van der Waals surface area contributed by atoms with E-state index >= 15 is 0 Å². The van der Waals surface area contributed by atoms with Crippen LogP contribution in [0.3, 0.4) is 0 Å². The van der Waals surface area contributed by atoms with Crippen LogP contribution >= 0.6 is 0 Å². The number of rotatable bonds is 7. The van der Waals surface area contributed by atoms with Crippen molar-refractivity contribution < 1.29 is 40.2 Å². The minimum absolute atomic E-state index is 0.195. The van der Waals surface area contributed by atoms with Gasteiger partial charge in [0, 0.05) is 38.6 Å². The van der Waals surface area contributed by atoms with Gasteiger partial charge in [0.25, 0.3) is 0 Å². The van der Waals surface area contributed by atoms with Crippen LogP contribution < -0.4 is 0 Å². The Labute approximate surface area is 142 Å². The van der Waals surface area contributed by atoms with Gasteiger partial charge in [-0.05, 0) is 50.4 Å². The fourth-order valence-corrected chi connectivity index (χ4v) is 1.96. The topological polar surface area (TPSA) is 156 Å². The summed E-state index contributed by atoms with van der Waals surface area (Å²) in [5, 5.41) is 49.4. The highest BCUT2D eigenvalue weighted by Gasteiger charge is 2.19. The number of aliphatic hydroxyl groups is 4. The zero-order valence-corrected chi connectivity index (χ0v) is 13.9. The monoisotopic (exact) mass is 350 g/mol. The molecule has 1 aliphatic rings. The molecule has 6 N–H and O–H groups in total. The van der Waals surface area contributed by atoms with Crippen LogP contribution in [0.5, 0.6) is 0 Å². The smallest absolute Gasteiger partial charge is 0.328 e. The van der Waals surface area contributed by atoms with Gasteiger partial charge < -0.3 is 30.6 Å². The second-order valence-electron chi connectivity index (χ2n) is 5.42. The van der Waals surface area contributed by atoms with E-state index in [-0.39, 0.29) is 13.2 Å². The van der Waals surface area contributed by atoms with Gasteiger partial charge >= 0.3 is 11.9 Å². The maximum Gasteiger partial charge on any atom is 0.328 e. The largest absolute Gasteiger partial charge is 0.478 e. The first kappa shape index (κ1) is 24.8. The van der Waals surface area contributed by atoms with Gasteiger partial charge in [-0.2, -0.15) is 0 Å². The molecule has 0 bridgehead atoms. The highest BCUT2D eigenvalue weighted by molar-refractivity contribution is 5.89. The van der Waals surface area contributed by atoms with Gasteiger partial charge in [0.15, 0.2) is 0 Å². The molecule has 0 aromatic carbocycles.